The Bertz CT molecular complexity index is 699. The largest absolute Gasteiger partial charge is 0.379 e. The number of aryl methyl sites for hydroxylation is 2. The van der Waals surface area contributed by atoms with E-state index >= 15 is 0 Å². The number of rotatable bonds is 5. The number of hydrogen-bond acceptors (Lipinski definition) is 6. The highest BCUT2D eigenvalue weighted by Gasteiger charge is 2.34. The summed E-state index contributed by atoms with van der Waals surface area (Å²) >= 11 is 1.78. The molecule has 2 aliphatic heterocycles. The molecule has 0 radical (unpaired) electrons. The predicted octanol–water partition coefficient (Wildman–Crippen LogP) is 2.00. The van der Waals surface area contributed by atoms with Gasteiger partial charge in [0.1, 0.15) is 5.82 Å². The van der Waals surface area contributed by atoms with E-state index in [0.717, 1.165) is 52.5 Å². The third-order valence-electron chi connectivity index (χ3n) is 5.36. The molecular formula is C18H27N5OS. The lowest BCUT2D eigenvalue weighted by atomic mass is 10.1. The lowest BCUT2D eigenvalue weighted by molar-refractivity contribution is 0.0467. The van der Waals surface area contributed by atoms with E-state index in [9.17, 15) is 0 Å². The Labute approximate surface area is 153 Å². The SMILES string of the molecule is CCn1ccnc1CN1C[C@H]2COC[C@@H]1CN(Cc1scnc1C)C2. The Morgan fingerprint density at radius 1 is 1.20 bits per heavy atom. The first kappa shape index (κ1) is 17.1. The van der Waals surface area contributed by atoms with Gasteiger partial charge >= 0.3 is 0 Å². The molecule has 0 amide bonds. The van der Waals surface area contributed by atoms with Gasteiger partial charge in [-0.3, -0.25) is 9.80 Å². The highest BCUT2D eigenvalue weighted by atomic mass is 32.1. The Hall–Kier alpha value is -1.28. The van der Waals surface area contributed by atoms with E-state index in [4.69, 9.17) is 4.74 Å². The molecule has 25 heavy (non-hydrogen) atoms. The van der Waals surface area contributed by atoms with Crippen molar-refractivity contribution in [2.75, 3.05) is 32.8 Å². The number of fused-ring (bicyclic) bond motifs is 3. The predicted molar refractivity (Wildman–Crippen MR) is 98.5 cm³/mol. The van der Waals surface area contributed by atoms with Crippen molar-refractivity contribution in [1.82, 2.24) is 24.3 Å². The Morgan fingerprint density at radius 3 is 2.92 bits per heavy atom. The normalized spacial score (nSPS) is 25.2. The molecule has 4 heterocycles. The molecule has 4 rings (SSSR count). The van der Waals surface area contributed by atoms with Crippen LogP contribution in [0, 0.1) is 12.8 Å². The molecule has 2 saturated heterocycles. The fourth-order valence-corrected chi connectivity index (χ4v) is 4.81. The third-order valence-corrected chi connectivity index (χ3v) is 6.28. The summed E-state index contributed by atoms with van der Waals surface area (Å²) in [5.74, 6) is 1.73. The van der Waals surface area contributed by atoms with E-state index in [0.29, 0.717) is 12.0 Å². The topological polar surface area (TPSA) is 46.4 Å². The Morgan fingerprint density at radius 2 is 2.12 bits per heavy atom. The Balaban J connectivity index is 1.49. The second kappa shape index (κ2) is 7.53. The van der Waals surface area contributed by atoms with Crippen LogP contribution in [0.3, 0.4) is 0 Å². The van der Waals surface area contributed by atoms with E-state index in [2.05, 4.69) is 44.4 Å². The zero-order chi connectivity index (χ0) is 17.2. The summed E-state index contributed by atoms with van der Waals surface area (Å²) in [7, 11) is 0. The van der Waals surface area contributed by atoms with Crippen LogP contribution in [0.5, 0.6) is 0 Å². The van der Waals surface area contributed by atoms with Gasteiger partial charge in [-0.2, -0.15) is 0 Å². The van der Waals surface area contributed by atoms with Crippen LogP contribution in [0.15, 0.2) is 17.9 Å². The minimum atomic E-state index is 0.433. The summed E-state index contributed by atoms with van der Waals surface area (Å²) in [6, 6.07) is 0.433. The standard InChI is InChI=1S/C18H27N5OS/c1-3-22-5-4-19-18(22)10-23-7-15-6-21(8-16(23)12-24-11-15)9-17-14(2)20-13-25-17/h4-5,13,15-16H,3,6-12H2,1-2H3/t15-,16-/m0/s1. The van der Waals surface area contributed by atoms with Crippen LogP contribution < -0.4 is 0 Å². The van der Waals surface area contributed by atoms with E-state index < -0.39 is 0 Å². The molecule has 0 saturated carbocycles. The minimum Gasteiger partial charge on any atom is -0.379 e. The van der Waals surface area contributed by atoms with Crippen LogP contribution in [0.1, 0.15) is 23.3 Å². The number of thiazole rings is 1. The van der Waals surface area contributed by atoms with Crippen molar-refractivity contribution >= 4 is 11.3 Å². The number of aromatic nitrogens is 3. The van der Waals surface area contributed by atoms with Gasteiger partial charge in [0.05, 0.1) is 31.0 Å². The lowest BCUT2D eigenvalue weighted by Crippen LogP contribution is -2.43. The summed E-state index contributed by atoms with van der Waals surface area (Å²) in [5.41, 5.74) is 3.14. The number of ether oxygens (including phenoxy) is 1. The molecule has 0 spiro atoms. The average Bonchev–Trinajstić information content (AvgIpc) is 3.10. The summed E-state index contributed by atoms with van der Waals surface area (Å²) < 4.78 is 8.21. The van der Waals surface area contributed by atoms with Gasteiger partial charge in [0.15, 0.2) is 0 Å². The van der Waals surface area contributed by atoms with E-state index in [1.54, 1.807) is 11.3 Å². The van der Waals surface area contributed by atoms with Crippen LogP contribution in [-0.4, -0.2) is 63.2 Å². The molecule has 0 aliphatic carbocycles. The summed E-state index contributed by atoms with van der Waals surface area (Å²) in [6.45, 7) is 12.1. The highest BCUT2D eigenvalue weighted by Crippen LogP contribution is 2.24. The van der Waals surface area contributed by atoms with Crippen molar-refractivity contribution in [3.63, 3.8) is 0 Å². The molecule has 136 valence electrons. The molecule has 2 aromatic heterocycles. The van der Waals surface area contributed by atoms with Crippen molar-refractivity contribution < 1.29 is 4.74 Å². The zero-order valence-corrected chi connectivity index (χ0v) is 15.9. The van der Waals surface area contributed by atoms with Crippen LogP contribution in [0.25, 0.3) is 0 Å². The fraction of sp³-hybridized carbons (Fsp3) is 0.667. The second-order valence-corrected chi connectivity index (χ2v) is 8.11. The van der Waals surface area contributed by atoms with Crippen molar-refractivity contribution in [2.24, 2.45) is 5.92 Å². The molecule has 0 N–H and O–H groups in total. The number of hydrogen-bond donors (Lipinski definition) is 0. The Kier molecular flexibility index (Phi) is 5.17. The first-order valence-electron chi connectivity index (χ1n) is 9.16. The monoisotopic (exact) mass is 361 g/mol. The maximum atomic E-state index is 5.97. The fourth-order valence-electron chi connectivity index (χ4n) is 3.99. The van der Waals surface area contributed by atoms with Crippen LogP contribution in [0.4, 0.5) is 0 Å². The van der Waals surface area contributed by atoms with Gasteiger partial charge in [0.2, 0.25) is 0 Å². The number of nitrogens with zero attached hydrogens (tertiary/aromatic N) is 5. The molecule has 2 aromatic rings. The number of imidazole rings is 1. The van der Waals surface area contributed by atoms with Gasteiger partial charge in [-0.25, -0.2) is 9.97 Å². The molecule has 2 atom stereocenters. The first-order chi connectivity index (χ1) is 12.2. The van der Waals surface area contributed by atoms with Crippen LogP contribution in [0.2, 0.25) is 0 Å². The molecule has 6 nitrogen and oxygen atoms in total. The summed E-state index contributed by atoms with van der Waals surface area (Å²) in [5, 5.41) is 0. The summed E-state index contributed by atoms with van der Waals surface area (Å²) in [6.07, 6.45) is 3.99. The van der Waals surface area contributed by atoms with Gasteiger partial charge in [-0.15, -0.1) is 11.3 Å². The van der Waals surface area contributed by atoms with Crippen molar-refractivity contribution in [3.8, 4) is 0 Å². The first-order valence-corrected chi connectivity index (χ1v) is 10.0. The smallest absolute Gasteiger partial charge is 0.122 e. The third kappa shape index (κ3) is 3.79. The highest BCUT2D eigenvalue weighted by molar-refractivity contribution is 7.09. The van der Waals surface area contributed by atoms with Crippen molar-refractivity contribution in [3.05, 3.63) is 34.3 Å². The van der Waals surface area contributed by atoms with Gasteiger partial charge in [0.25, 0.3) is 0 Å². The molecule has 0 aromatic carbocycles. The maximum absolute atomic E-state index is 5.97. The molecule has 2 fully saturated rings. The molecule has 7 heteroatoms. The second-order valence-electron chi connectivity index (χ2n) is 7.17. The van der Waals surface area contributed by atoms with Crippen molar-refractivity contribution in [1.29, 1.82) is 0 Å². The summed E-state index contributed by atoms with van der Waals surface area (Å²) in [4.78, 5) is 15.6. The van der Waals surface area contributed by atoms with E-state index in [1.165, 1.54) is 16.4 Å². The van der Waals surface area contributed by atoms with E-state index in [-0.39, 0.29) is 0 Å². The van der Waals surface area contributed by atoms with Crippen molar-refractivity contribution in [2.45, 2.75) is 39.5 Å². The average molecular weight is 362 g/mol. The molecule has 2 aliphatic rings. The lowest BCUT2D eigenvalue weighted by Gasteiger charge is -2.31. The van der Waals surface area contributed by atoms with Gasteiger partial charge in [-0.05, 0) is 13.8 Å². The van der Waals surface area contributed by atoms with Gasteiger partial charge in [0, 0.05) is 62.0 Å². The zero-order valence-electron chi connectivity index (χ0n) is 15.1. The molecular weight excluding hydrogens is 334 g/mol. The van der Waals surface area contributed by atoms with Crippen LogP contribution in [-0.2, 0) is 24.4 Å². The van der Waals surface area contributed by atoms with E-state index in [1.807, 2.05) is 11.7 Å². The minimum absolute atomic E-state index is 0.433. The molecule has 0 unspecified atom stereocenters. The van der Waals surface area contributed by atoms with Crippen LogP contribution >= 0.6 is 11.3 Å². The quantitative estimate of drug-likeness (QED) is 0.815. The van der Waals surface area contributed by atoms with Gasteiger partial charge in [-0.1, -0.05) is 0 Å². The maximum Gasteiger partial charge on any atom is 0.122 e. The molecule has 2 bridgehead atoms. The van der Waals surface area contributed by atoms with Gasteiger partial charge < -0.3 is 9.30 Å².